The standard InChI is InChI=1S/C21H27N3O6.ClH/c1-28-19(25)9-8-16-5-2-3-7-18(16)24-20(26)17(22)6-4-11-23-21(27)30-14-15-10-12-29-13-15;/h2-3,5,7,10,12-13,17H,4,6,8-9,11,14,22H2,1H3,(H,23,27)(H,24,26);1H/t17-;/m0./s1. The van der Waals surface area contributed by atoms with Gasteiger partial charge in [0.1, 0.15) is 6.61 Å². The minimum Gasteiger partial charge on any atom is -0.472 e. The van der Waals surface area contributed by atoms with Gasteiger partial charge >= 0.3 is 12.1 Å². The molecule has 31 heavy (non-hydrogen) atoms. The molecule has 2 aromatic rings. The van der Waals surface area contributed by atoms with Gasteiger partial charge in [-0.25, -0.2) is 4.79 Å². The number of nitrogens with two attached hydrogens (primary N) is 1. The van der Waals surface area contributed by atoms with Crippen LogP contribution in [-0.4, -0.2) is 37.7 Å². The zero-order chi connectivity index (χ0) is 21.8. The number of carbonyl (C=O) groups is 3. The molecule has 1 aromatic carbocycles. The fourth-order valence-electron chi connectivity index (χ4n) is 2.64. The molecule has 2 rings (SSSR count). The van der Waals surface area contributed by atoms with E-state index in [-0.39, 0.29) is 37.3 Å². The number of amides is 2. The summed E-state index contributed by atoms with van der Waals surface area (Å²) >= 11 is 0. The van der Waals surface area contributed by atoms with E-state index in [2.05, 4.69) is 15.4 Å². The van der Waals surface area contributed by atoms with Gasteiger partial charge < -0.3 is 30.3 Å². The molecular weight excluding hydrogens is 426 g/mol. The smallest absolute Gasteiger partial charge is 0.407 e. The fourth-order valence-corrected chi connectivity index (χ4v) is 2.64. The normalized spacial score (nSPS) is 11.0. The highest BCUT2D eigenvalue weighted by Gasteiger charge is 2.15. The molecule has 0 radical (unpaired) electrons. The Morgan fingerprint density at radius 3 is 2.68 bits per heavy atom. The maximum atomic E-state index is 12.4. The van der Waals surface area contributed by atoms with Crippen LogP contribution >= 0.6 is 12.4 Å². The van der Waals surface area contributed by atoms with Crippen molar-refractivity contribution in [2.75, 3.05) is 19.0 Å². The fraction of sp³-hybridized carbons (Fsp3) is 0.381. The average Bonchev–Trinajstić information content (AvgIpc) is 3.27. The van der Waals surface area contributed by atoms with Crippen LogP contribution < -0.4 is 16.4 Å². The van der Waals surface area contributed by atoms with Crippen LogP contribution in [0.15, 0.2) is 47.3 Å². The Balaban J connectivity index is 0.00000480. The number of methoxy groups -OCH3 is 1. The van der Waals surface area contributed by atoms with Crippen molar-refractivity contribution in [1.29, 1.82) is 0 Å². The Bertz CT molecular complexity index is 828. The number of rotatable bonds is 11. The first-order chi connectivity index (χ1) is 14.5. The molecule has 9 nitrogen and oxygen atoms in total. The van der Waals surface area contributed by atoms with Crippen molar-refractivity contribution < 1.29 is 28.3 Å². The summed E-state index contributed by atoms with van der Waals surface area (Å²) in [4.78, 5) is 35.3. The Hall–Kier alpha value is -3.04. The molecule has 0 bridgehead atoms. The molecule has 0 aliphatic carbocycles. The Morgan fingerprint density at radius 1 is 1.19 bits per heavy atom. The van der Waals surface area contributed by atoms with Crippen molar-refractivity contribution in [2.24, 2.45) is 5.73 Å². The lowest BCUT2D eigenvalue weighted by Crippen LogP contribution is -2.36. The summed E-state index contributed by atoms with van der Waals surface area (Å²) in [5.41, 5.74) is 8.16. The zero-order valence-corrected chi connectivity index (χ0v) is 18.1. The largest absolute Gasteiger partial charge is 0.472 e. The van der Waals surface area contributed by atoms with Crippen molar-refractivity contribution >= 4 is 36.1 Å². The number of benzene rings is 1. The Labute approximate surface area is 187 Å². The van der Waals surface area contributed by atoms with Gasteiger partial charge in [0, 0.05) is 24.2 Å². The van der Waals surface area contributed by atoms with E-state index in [1.807, 2.05) is 12.1 Å². The predicted octanol–water partition coefficient (Wildman–Crippen LogP) is 2.78. The van der Waals surface area contributed by atoms with Crippen LogP contribution in [-0.2, 0) is 32.1 Å². The monoisotopic (exact) mass is 453 g/mol. The minimum absolute atomic E-state index is 0. The number of hydrogen-bond acceptors (Lipinski definition) is 7. The van der Waals surface area contributed by atoms with Crippen LogP contribution in [0.2, 0.25) is 0 Å². The molecule has 1 heterocycles. The number of nitrogens with one attached hydrogen (secondary N) is 2. The molecule has 1 aromatic heterocycles. The number of alkyl carbamates (subject to hydrolysis) is 1. The van der Waals surface area contributed by atoms with Gasteiger partial charge in [-0.15, -0.1) is 12.4 Å². The van der Waals surface area contributed by atoms with Gasteiger partial charge in [0.15, 0.2) is 0 Å². The summed E-state index contributed by atoms with van der Waals surface area (Å²) < 4.78 is 14.6. The average molecular weight is 454 g/mol. The molecule has 0 saturated heterocycles. The highest BCUT2D eigenvalue weighted by molar-refractivity contribution is 5.95. The van der Waals surface area contributed by atoms with Crippen molar-refractivity contribution in [2.45, 2.75) is 38.3 Å². The maximum absolute atomic E-state index is 12.4. The van der Waals surface area contributed by atoms with E-state index in [0.29, 0.717) is 31.5 Å². The molecule has 10 heteroatoms. The molecule has 170 valence electrons. The molecule has 0 fully saturated rings. The van der Waals surface area contributed by atoms with Gasteiger partial charge in [-0.3, -0.25) is 9.59 Å². The number of halogens is 1. The van der Waals surface area contributed by atoms with Crippen molar-refractivity contribution in [3.63, 3.8) is 0 Å². The second kappa shape index (κ2) is 14.1. The number of carbonyl (C=O) groups excluding carboxylic acids is 3. The van der Waals surface area contributed by atoms with E-state index in [1.54, 1.807) is 18.2 Å². The summed E-state index contributed by atoms with van der Waals surface area (Å²) in [5.74, 6) is -0.647. The Morgan fingerprint density at radius 2 is 1.97 bits per heavy atom. The van der Waals surface area contributed by atoms with Crippen molar-refractivity contribution in [3.05, 3.63) is 54.0 Å². The van der Waals surface area contributed by atoms with E-state index >= 15 is 0 Å². The lowest BCUT2D eigenvalue weighted by Gasteiger charge is -2.15. The minimum atomic E-state index is -0.734. The van der Waals surface area contributed by atoms with Gasteiger partial charge in [0.2, 0.25) is 5.91 Å². The molecule has 0 aliphatic heterocycles. The number of anilines is 1. The van der Waals surface area contributed by atoms with E-state index in [9.17, 15) is 14.4 Å². The molecule has 0 saturated carbocycles. The quantitative estimate of drug-likeness (QED) is 0.352. The van der Waals surface area contributed by atoms with Gasteiger partial charge in [0.25, 0.3) is 0 Å². The molecule has 0 aliphatic rings. The number of furan rings is 1. The molecule has 4 N–H and O–H groups in total. The number of hydrogen-bond donors (Lipinski definition) is 3. The zero-order valence-electron chi connectivity index (χ0n) is 17.3. The molecular formula is C21H28ClN3O6. The van der Waals surface area contributed by atoms with Crippen LogP contribution in [0.25, 0.3) is 0 Å². The number of para-hydroxylation sites is 1. The first kappa shape index (κ1) is 26.0. The number of ether oxygens (including phenoxy) is 2. The third kappa shape index (κ3) is 9.54. The van der Waals surface area contributed by atoms with Crippen LogP contribution in [0.5, 0.6) is 0 Å². The molecule has 0 unspecified atom stereocenters. The summed E-state index contributed by atoms with van der Waals surface area (Å²) in [5, 5.41) is 5.41. The van der Waals surface area contributed by atoms with Crippen LogP contribution in [0.3, 0.4) is 0 Å². The van der Waals surface area contributed by atoms with E-state index in [0.717, 1.165) is 11.1 Å². The van der Waals surface area contributed by atoms with E-state index in [4.69, 9.17) is 14.9 Å². The van der Waals surface area contributed by atoms with Crippen LogP contribution in [0.4, 0.5) is 10.5 Å². The molecule has 0 spiro atoms. The lowest BCUT2D eigenvalue weighted by molar-refractivity contribution is -0.140. The van der Waals surface area contributed by atoms with Crippen LogP contribution in [0, 0.1) is 0 Å². The summed E-state index contributed by atoms with van der Waals surface area (Å²) in [7, 11) is 1.34. The number of esters is 1. The third-order valence-corrected chi connectivity index (χ3v) is 4.35. The third-order valence-electron chi connectivity index (χ3n) is 4.35. The van der Waals surface area contributed by atoms with E-state index < -0.39 is 12.1 Å². The first-order valence-corrected chi connectivity index (χ1v) is 9.62. The van der Waals surface area contributed by atoms with Crippen LogP contribution in [0.1, 0.15) is 30.4 Å². The lowest BCUT2D eigenvalue weighted by atomic mass is 10.1. The van der Waals surface area contributed by atoms with E-state index in [1.165, 1.54) is 19.6 Å². The molecule has 1 atom stereocenters. The van der Waals surface area contributed by atoms with Crippen molar-refractivity contribution in [1.82, 2.24) is 5.32 Å². The van der Waals surface area contributed by atoms with Gasteiger partial charge in [-0.1, -0.05) is 18.2 Å². The second-order valence-corrected chi connectivity index (χ2v) is 6.61. The van der Waals surface area contributed by atoms with Gasteiger partial charge in [-0.2, -0.15) is 0 Å². The topological polar surface area (TPSA) is 133 Å². The summed E-state index contributed by atoms with van der Waals surface area (Å²) in [6.45, 7) is 0.459. The summed E-state index contributed by atoms with van der Waals surface area (Å²) in [6, 6.07) is 8.19. The van der Waals surface area contributed by atoms with Crippen molar-refractivity contribution in [3.8, 4) is 0 Å². The second-order valence-electron chi connectivity index (χ2n) is 6.61. The first-order valence-electron chi connectivity index (χ1n) is 9.62. The Kier molecular flexibility index (Phi) is 11.8. The predicted molar refractivity (Wildman–Crippen MR) is 117 cm³/mol. The highest BCUT2D eigenvalue weighted by atomic mass is 35.5. The maximum Gasteiger partial charge on any atom is 0.407 e. The number of aryl methyl sites for hydroxylation is 1. The highest BCUT2D eigenvalue weighted by Crippen LogP contribution is 2.17. The molecule has 2 amide bonds. The summed E-state index contributed by atoms with van der Waals surface area (Å²) in [6.07, 6.45) is 4.02. The van der Waals surface area contributed by atoms with Gasteiger partial charge in [-0.05, 0) is 37.0 Å². The van der Waals surface area contributed by atoms with Gasteiger partial charge in [0.05, 0.1) is 25.7 Å². The SMILES string of the molecule is COC(=O)CCc1ccccc1NC(=O)[C@@H](N)CCCNC(=O)OCc1ccoc1.Cl.